The minimum atomic E-state index is -0.114. The summed E-state index contributed by atoms with van der Waals surface area (Å²) in [7, 11) is 0. The average Bonchev–Trinajstić information content (AvgIpc) is 2.84. The molecule has 0 spiro atoms. The number of anilines is 1. The predicted octanol–water partition coefficient (Wildman–Crippen LogP) is 6.32. The third kappa shape index (κ3) is 5.06. The fourth-order valence-corrected chi connectivity index (χ4v) is 4.22. The summed E-state index contributed by atoms with van der Waals surface area (Å²) in [5, 5.41) is 12.2. The second kappa shape index (κ2) is 10.1. The highest BCUT2D eigenvalue weighted by Crippen LogP contribution is 2.30. The van der Waals surface area contributed by atoms with E-state index < -0.39 is 0 Å². The highest BCUT2D eigenvalue weighted by Gasteiger charge is 2.15. The number of rotatable bonds is 6. The van der Waals surface area contributed by atoms with Crippen LogP contribution in [0, 0.1) is 13.8 Å². The van der Waals surface area contributed by atoms with Crippen molar-refractivity contribution in [3.05, 3.63) is 88.4 Å². The molecule has 7 heteroatoms. The van der Waals surface area contributed by atoms with Crippen LogP contribution in [0.5, 0.6) is 0 Å². The highest BCUT2D eigenvalue weighted by atomic mass is 79.9. The molecule has 0 saturated heterocycles. The summed E-state index contributed by atoms with van der Waals surface area (Å²) in [5.41, 5.74) is 6.30. The molecule has 1 aromatic heterocycles. The molecule has 0 aliphatic heterocycles. The number of thioether (sulfide) groups is 1. The van der Waals surface area contributed by atoms with Crippen LogP contribution in [0.3, 0.4) is 0 Å². The van der Waals surface area contributed by atoms with E-state index in [1.807, 2.05) is 86.6 Å². The standard InChI is InChI=1S/C25H21BrN4OS/c1-16-17(2)21(14-13-20(16)26)27-22(31)15-32-25-28-23(18-9-5-3-6-10-18)24(29-30-25)19-11-7-4-8-12-19/h3-14H,15H2,1-2H3,(H,27,31). The fraction of sp³-hybridized carbons (Fsp3) is 0.120. The number of aromatic nitrogens is 3. The quantitative estimate of drug-likeness (QED) is 0.311. The number of nitrogens with zero attached hydrogens (tertiary/aromatic N) is 3. The summed E-state index contributed by atoms with van der Waals surface area (Å²) < 4.78 is 1.02. The molecule has 0 atom stereocenters. The number of amides is 1. The van der Waals surface area contributed by atoms with E-state index in [2.05, 4.69) is 31.4 Å². The van der Waals surface area contributed by atoms with Gasteiger partial charge in [0, 0.05) is 21.3 Å². The molecule has 0 saturated carbocycles. The number of hydrogen-bond acceptors (Lipinski definition) is 5. The van der Waals surface area contributed by atoms with E-state index in [4.69, 9.17) is 4.98 Å². The molecule has 0 radical (unpaired) electrons. The molecule has 5 nitrogen and oxygen atoms in total. The first-order valence-electron chi connectivity index (χ1n) is 10.1. The van der Waals surface area contributed by atoms with Crippen molar-refractivity contribution >= 4 is 39.3 Å². The molecule has 0 fully saturated rings. The summed E-state index contributed by atoms with van der Waals surface area (Å²) >= 11 is 4.78. The van der Waals surface area contributed by atoms with Crippen LogP contribution >= 0.6 is 27.7 Å². The summed E-state index contributed by atoms with van der Waals surface area (Å²) in [4.78, 5) is 17.3. The molecule has 0 unspecified atom stereocenters. The van der Waals surface area contributed by atoms with Gasteiger partial charge < -0.3 is 5.32 Å². The second-order valence-electron chi connectivity index (χ2n) is 7.21. The zero-order chi connectivity index (χ0) is 22.5. The topological polar surface area (TPSA) is 67.8 Å². The van der Waals surface area contributed by atoms with E-state index in [0.717, 1.165) is 38.1 Å². The van der Waals surface area contributed by atoms with Crippen LogP contribution in [0.25, 0.3) is 22.5 Å². The Morgan fingerprint density at radius 3 is 2.12 bits per heavy atom. The van der Waals surface area contributed by atoms with Crippen molar-refractivity contribution in [3.63, 3.8) is 0 Å². The van der Waals surface area contributed by atoms with E-state index in [-0.39, 0.29) is 11.7 Å². The zero-order valence-electron chi connectivity index (χ0n) is 17.7. The first-order chi connectivity index (χ1) is 15.5. The molecule has 1 heterocycles. The van der Waals surface area contributed by atoms with Crippen LogP contribution in [0.1, 0.15) is 11.1 Å². The van der Waals surface area contributed by atoms with Gasteiger partial charge in [-0.1, -0.05) is 88.4 Å². The maximum absolute atomic E-state index is 12.6. The third-order valence-electron chi connectivity index (χ3n) is 5.09. The van der Waals surface area contributed by atoms with Gasteiger partial charge in [-0.2, -0.15) is 0 Å². The van der Waals surface area contributed by atoms with Crippen molar-refractivity contribution < 1.29 is 4.79 Å². The normalized spacial score (nSPS) is 10.7. The molecule has 0 aliphatic rings. The lowest BCUT2D eigenvalue weighted by Gasteiger charge is -2.12. The van der Waals surface area contributed by atoms with Gasteiger partial charge in [-0.15, -0.1) is 10.2 Å². The van der Waals surface area contributed by atoms with Crippen LogP contribution in [0.2, 0.25) is 0 Å². The van der Waals surface area contributed by atoms with Crippen molar-refractivity contribution in [1.82, 2.24) is 15.2 Å². The van der Waals surface area contributed by atoms with Crippen molar-refractivity contribution in [3.8, 4) is 22.5 Å². The van der Waals surface area contributed by atoms with Crippen molar-refractivity contribution in [1.29, 1.82) is 0 Å². The molecule has 32 heavy (non-hydrogen) atoms. The molecule has 1 N–H and O–H groups in total. The van der Waals surface area contributed by atoms with Gasteiger partial charge in [-0.05, 0) is 37.1 Å². The van der Waals surface area contributed by atoms with Crippen LogP contribution in [-0.4, -0.2) is 26.8 Å². The first kappa shape index (κ1) is 22.2. The van der Waals surface area contributed by atoms with Gasteiger partial charge in [0.15, 0.2) is 0 Å². The number of nitrogens with one attached hydrogen (secondary N) is 1. The van der Waals surface area contributed by atoms with Crippen LogP contribution in [-0.2, 0) is 4.79 Å². The molecule has 4 aromatic rings. The third-order valence-corrected chi connectivity index (χ3v) is 6.79. The van der Waals surface area contributed by atoms with Gasteiger partial charge in [0.2, 0.25) is 11.1 Å². The minimum Gasteiger partial charge on any atom is -0.325 e. The van der Waals surface area contributed by atoms with E-state index in [1.54, 1.807) is 0 Å². The number of hydrogen-bond donors (Lipinski definition) is 1. The fourth-order valence-electron chi connectivity index (χ4n) is 3.20. The molecule has 160 valence electrons. The van der Waals surface area contributed by atoms with Gasteiger partial charge in [0.05, 0.1) is 5.75 Å². The predicted molar refractivity (Wildman–Crippen MR) is 134 cm³/mol. The Kier molecular flexibility index (Phi) is 6.97. The molecule has 0 aliphatic carbocycles. The number of carbonyl (C=O) groups excluding carboxylic acids is 1. The van der Waals surface area contributed by atoms with E-state index in [9.17, 15) is 4.79 Å². The van der Waals surface area contributed by atoms with Crippen molar-refractivity contribution in [2.75, 3.05) is 11.1 Å². The minimum absolute atomic E-state index is 0.114. The molecule has 4 rings (SSSR count). The number of benzene rings is 3. The number of carbonyl (C=O) groups is 1. The maximum atomic E-state index is 12.6. The highest BCUT2D eigenvalue weighted by molar-refractivity contribution is 9.10. The SMILES string of the molecule is Cc1c(Br)ccc(NC(=O)CSc2nnc(-c3ccccc3)c(-c3ccccc3)n2)c1C. The summed E-state index contributed by atoms with van der Waals surface area (Å²) in [5.74, 6) is 0.0756. The van der Waals surface area contributed by atoms with Crippen molar-refractivity contribution in [2.24, 2.45) is 0 Å². The van der Waals surface area contributed by atoms with Crippen LogP contribution in [0.15, 0.2) is 82.4 Å². The lowest BCUT2D eigenvalue weighted by atomic mass is 10.0. The molecule has 0 bridgehead atoms. The lowest BCUT2D eigenvalue weighted by Crippen LogP contribution is -2.15. The molecular weight excluding hydrogens is 484 g/mol. The Bertz CT molecular complexity index is 1250. The summed E-state index contributed by atoms with van der Waals surface area (Å²) in [6, 6.07) is 23.6. The average molecular weight is 505 g/mol. The van der Waals surface area contributed by atoms with Crippen LogP contribution < -0.4 is 5.32 Å². The van der Waals surface area contributed by atoms with Gasteiger partial charge in [0.25, 0.3) is 0 Å². The number of halogens is 1. The summed E-state index contributed by atoms with van der Waals surface area (Å²) in [6.45, 7) is 4.01. The maximum Gasteiger partial charge on any atom is 0.234 e. The molecular formula is C25H21BrN4OS. The largest absolute Gasteiger partial charge is 0.325 e. The first-order valence-corrected chi connectivity index (χ1v) is 11.8. The Morgan fingerprint density at radius 2 is 1.47 bits per heavy atom. The van der Waals surface area contributed by atoms with E-state index >= 15 is 0 Å². The van der Waals surface area contributed by atoms with Gasteiger partial charge in [0.1, 0.15) is 11.4 Å². The lowest BCUT2D eigenvalue weighted by molar-refractivity contribution is -0.113. The van der Waals surface area contributed by atoms with Gasteiger partial charge >= 0.3 is 0 Å². The van der Waals surface area contributed by atoms with Crippen LogP contribution in [0.4, 0.5) is 5.69 Å². The monoisotopic (exact) mass is 504 g/mol. The Morgan fingerprint density at radius 1 is 0.844 bits per heavy atom. The molecule has 3 aromatic carbocycles. The summed E-state index contributed by atoms with van der Waals surface area (Å²) in [6.07, 6.45) is 0. The zero-order valence-corrected chi connectivity index (χ0v) is 20.1. The van der Waals surface area contributed by atoms with Crippen molar-refractivity contribution in [2.45, 2.75) is 19.0 Å². The second-order valence-corrected chi connectivity index (χ2v) is 9.00. The Balaban J connectivity index is 1.54. The smallest absolute Gasteiger partial charge is 0.234 e. The van der Waals surface area contributed by atoms with E-state index in [1.165, 1.54) is 11.8 Å². The molecule has 1 amide bonds. The van der Waals surface area contributed by atoms with Gasteiger partial charge in [-0.3, -0.25) is 4.79 Å². The van der Waals surface area contributed by atoms with E-state index in [0.29, 0.717) is 10.9 Å². The Hall–Kier alpha value is -3.03. The Labute approximate surface area is 199 Å². The van der Waals surface area contributed by atoms with Gasteiger partial charge in [-0.25, -0.2) is 4.98 Å².